The maximum atomic E-state index is 13.9. The third-order valence-electron chi connectivity index (χ3n) is 3.91. The molecule has 0 aliphatic carbocycles. The van der Waals surface area contributed by atoms with Gasteiger partial charge in [0.1, 0.15) is 0 Å². The zero-order valence-electron chi connectivity index (χ0n) is 14.0. The molecule has 0 aromatic heterocycles. The van der Waals surface area contributed by atoms with Crippen molar-refractivity contribution in [1.82, 2.24) is 0 Å². The number of hydrogen-bond donors (Lipinski definition) is 0. The molecule has 0 bridgehead atoms. The largest absolute Gasteiger partial charge is 0.270 e. The number of halogens is 5. The van der Waals surface area contributed by atoms with Crippen LogP contribution in [0.3, 0.4) is 0 Å². The molecule has 0 aliphatic heterocycles. The lowest BCUT2D eigenvalue weighted by atomic mass is 10.1. The Kier molecular flexibility index (Phi) is 5.90. The molecule has 26 heavy (non-hydrogen) atoms. The second-order valence-electron chi connectivity index (χ2n) is 5.64. The Morgan fingerprint density at radius 3 is 1.77 bits per heavy atom. The normalized spacial score (nSPS) is 11.7. The molecule has 3 nitrogen and oxygen atoms in total. The fourth-order valence-electron chi connectivity index (χ4n) is 2.34. The van der Waals surface area contributed by atoms with Crippen LogP contribution in [0.25, 0.3) is 0 Å². The van der Waals surface area contributed by atoms with Gasteiger partial charge in [0.2, 0.25) is 5.82 Å². The average Bonchev–Trinajstić information content (AvgIpc) is 2.62. The number of anilines is 1. The predicted octanol–water partition coefficient (Wildman–Crippen LogP) is 4.55. The fraction of sp³-hybridized carbons (Fsp3) is 0.294. The van der Waals surface area contributed by atoms with Crippen molar-refractivity contribution >= 4 is 15.7 Å². The third kappa shape index (κ3) is 3.53. The molecule has 0 radical (unpaired) electrons. The van der Waals surface area contributed by atoms with Gasteiger partial charge in [-0.3, -0.25) is 4.31 Å². The summed E-state index contributed by atoms with van der Waals surface area (Å²) in [6.07, 6.45) is 2.67. The molecule has 0 atom stereocenters. The molecule has 2 aromatic carbocycles. The van der Waals surface area contributed by atoms with Crippen LogP contribution < -0.4 is 4.31 Å². The molecular weight excluding hydrogens is 377 g/mol. The van der Waals surface area contributed by atoms with Crippen LogP contribution in [-0.2, 0) is 16.4 Å². The van der Waals surface area contributed by atoms with Gasteiger partial charge >= 0.3 is 0 Å². The minimum atomic E-state index is -5.01. The topological polar surface area (TPSA) is 37.4 Å². The van der Waals surface area contributed by atoms with E-state index in [1.807, 2.05) is 6.92 Å². The summed E-state index contributed by atoms with van der Waals surface area (Å²) in [6, 6.07) is 6.06. The lowest BCUT2D eigenvalue weighted by Crippen LogP contribution is -2.29. The molecule has 0 unspecified atom stereocenters. The highest BCUT2D eigenvalue weighted by atomic mass is 32.2. The molecule has 0 saturated carbocycles. The number of nitrogens with zero attached hydrogens (tertiary/aromatic N) is 1. The first-order chi connectivity index (χ1) is 12.1. The van der Waals surface area contributed by atoms with Gasteiger partial charge in [-0.2, -0.15) is 0 Å². The van der Waals surface area contributed by atoms with Crippen LogP contribution in [-0.4, -0.2) is 15.5 Å². The monoisotopic (exact) mass is 393 g/mol. The Labute approximate surface area is 148 Å². The smallest absolute Gasteiger partial charge is 0.269 e. The van der Waals surface area contributed by atoms with E-state index in [1.54, 1.807) is 12.1 Å². The van der Waals surface area contributed by atoms with Gasteiger partial charge < -0.3 is 0 Å². The van der Waals surface area contributed by atoms with Crippen molar-refractivity contribution in [1.29, 1.82) is 0 Å². The molecule has 2 rings (SSSR count). The molecule has 9 heteroatoms. The molecule has 0 amide bonds. The zero-order valence-corrected chi connectivity index (χ0v) is 14.8. The molecular formula is C17H16F5NO2S. The van der Waals surface area contributed by atoms with Crippen molar-refractivity contribution < 1.29 is 30.4 Å². The van der Waals surface area contributed by atoms with E-state index in [9.17, 15) is 30.4 Å². The van der Waals surface area contributed by atoms with Crippen LogP contribution in [0.15, 0.2) is 29.2 Å². The van der Waals surface area contributed by atoms with E-state index in [1.165, 1.54) is 12.1 Å². The summed E-state index contributed by atoms with van der Waals surface area (Å²) in [6.45, 7) is 2.01. The minimum Gasteiger partial charge on any atom is -0.269 e. The van der Waals surface area contributed by atoms with Gasteiger partial charge in [0.25, 0.3) is 10.0 Å². The van der Waals surface area contributed by atoms with Gasteiger partial charge in [0.05, 0.1) is 5.69 Å². The zero-order chi connectivity index (χ0) is 19.6. The summed E-state index contributed by atoms with van der Waals surface area (Å²) in [4.78, 5) is -1.88. The average molecular weight is 393 g/mol. The maximum Gasteiger partial charge on any atom is 0.270 e. The number of benzene rings is 2. The first-order valence-electron chi connectivity index (χ1n) is 7.72. The summed E-state index contributed by atoms with van der Waals surface area (Å²) in [5, 5.41) is 0. The number of unbranched alkanes of at least 4 members (excludes halogenated alkanes) is 1. The lowest BCUT2D eigenvalue weighted by molar-refractivity contribution is 0.357. The SMILES string of the molecule is CCCCc1ccc(N(C)S(=O)(=O)c2c(F)c(F)c(F)c(F)c2F)cc1. The number of sulfonamides is 1. The Morgan fingerprint density at radius 1 is 0.846 bits per heavy atom. The highest BCUT2D eigenvalue weighted by molar-refractivity contribution is 7.92. The van der Waals surface area contributed by atoms with Crippen LogP contribution in [0.4, 0.5) is 27.6 Å². The summed E-state index contributed by atoms with van der Waals surface area (Å²) < 4.78 is 92.8. The summed E-state index contributed by atoms with van der Waals surface area (Å²) in [7, 11) is -4.04. The summed E-state index contributed by atoms with van der Waals surface area (Å²) >= 11 is 0. The van der Waals surface area contributed by atoms with Gasteiger partial charge in [0.15, 0.2) is 28.2 Å². The molecule has 0 fully saturated rings. The van der Waals surface area contributed by atoms with E-state index < -0.39 is 44.0 Å². The molecule has 0 aliphatic rings. The van der Waals surface area contributed by atoms with E-state index in [0.29, 0.717) is 4.31 Å². The van der Waals surface area contributed by atoms with E-state index in [2.05, 4.69) is 0 Å². The van der Waals surface area contributed by atoms with Crippen molar-refractivity contribution in [3.63, 3.8) is 0 Å². The fourth-order valence-corrected chi connectivity index (χ4v) is 3.65. The number of hydrogen-bond acceptors (Lipinski definition) is 2. The number of rotatable bonds is 6. The third-order valence-corrected chi connectivity index (χ3v) is 5.71. The minimum absolute atomic E-state index is 0.0224. The summed E-state index contributed by atoms with van der Waals surface area (Å²) in [5.41, 5.74) is 0.951. The van der Waals surface area contributed by atoms with Crippen LogP contribution >= 0.6 is 0 Å². The van der Waals surface area contributed by atoms with E-state index in [0.717, 1.165) is 31.9 Å². The van der Waals surface area contributed by atoms with Crippen molar-refractivity contribution in [3.8, 4) is 0 Å². The Hall–Kier alpha value is -2.16. The second kappa shape index (κ2) is 7.61. The van der Waals surface area contributed by atoms with Crippen LogP contribution in [0, 0.1) is 29.1 Å². The summed E-state index contributed by atoms with van der Waals surface area (Å²) in [5.74, 6) is -11.8. The van der Waals surface area contributed by atoms with Gasteiger partial charge in [-0.05, 0) is 30.5 Å². The van der Waals surface area contributed by atoms with Gasteiger partial charge in [-0.15, -0.1) is 0 Å². The highest BCUT2D eigenvalue weighted by Crippen LogP contribution is 2.30. The standard InChI is InChI=1S/C17H16F5NO2S/c1-3-4-5-10-6-8-11(9-7-10)23(2)26(24,25)17-15(21)13(19)12(18)14(20)16(17)22/h6-9H,3-5H2,1-2H3. The van der Waals surface area contributed by atoms with Crippen molar-refractivity contribution in [2.75, 3.05) is 11.4 Å². The molecule has 0 N–H and O–H groups in total. The molecule has 2 aromatic rings. The van der Waals surface area contributed by atoms with Gasteiger partial charge in [0, 0.05) is 7.05 Å². The van der Waals surface area contributed by atoms with E-state index >= 15 is 0 Å². The van der Waals surface area contributed by atoms with Crippen LogP contribution in [0.2, 0.25) is 0 Å². The van der Waals surface area contributed by atoms with Crippen LogP contribution in [0.1, 0.15) is 25.3 Å². The maximum absolute atomic E-state index is 13.9. The quantitative estimate of drug-likeness (QED) is 0.410. The first-order valence-corrected chi connectivity index (χ1v) is 9.16. The lowest BCUT2D eigenvalue weighted by Gasteiger charge is -2.21. The van der Waals surface area contributed by atoms with Crippen LogP contribution in [0.5, 0.6) is 0 Å². The van der Waals surface area contributed by atoms with Crippen molar-refractivity contribution in [3.05, 3.63) is 58.9 Å². The highest BCUT2D eigenvalue weighted by Gasteiger charge is 2.36. The van der Waals surface area contributed by atoms with E-state index in [-0.39, 0.29) is 5.69 Å². The molecule has 0 spiro atoms. The molecule has 0 saturated heterocycles. The first kappa shape index (κ1) is 20.2. The van der Waals surface area contributed by atoms with Gasteiger partial charge in [-0.1, -0.05) is 25.5 Å². The Balaban J connectivity index is 2.48. The Morgan fingerprint density at radius 2 is 1.31 bits per heavy atom. The number of aryl methyl sites for hydroxylation is 1. The van der Waals surface area contributed by atoms with Crippen molar-refractivity contribution in [2.45, 2.75) is 31.1 Å². The van der Waals surface area contributed by atoms with Crippen molar-refractivity contribution in [2.24, 2.45) is 0 Å². The van der Waals surface area contributed by atoms with E-state index in [4.69, 9.17) is 0 Å². The predicted molar refractivity (Wildman–Crippen MR) is 86.9 cm³/mol. The Bertz CT molecular complexity index is 885. The molecule has 0 heterocycles. The molecule has 142 valence electrons. The second-order valence-corrected chi connectivity index (χ2v) is 7.55. The van der Waals surface area contributed by atoms with Gasteiger partial charge in [-0.25, -0.2) is 30.4 Å².